The second-order valence-electron chi connectivity index (χ2n) is 5.33. The molecule has 1 aliphatic rings. The van der Waals surface area contributed by atoms with Gasteiger partial charge in [-0.25, -0.2) is 0 Å². The summed E-state index contributed by atoms with van der Waals surface area (Å²) >= 11 is 1.22. The predicted molar refractivity (Wildman–Crippen MR) is 83.9 cm³/mol. The van der Waals surface area contributed by atoms with E-state index in [0.29, 0.717) is 32.7 Å². The van der Waals surface area contributed by atoms with Crippen molar-refractivity contribution in [3.8, 4) is 0 Å². The van der Waals surface area contributed by atoms with Crippen molar-refractivity contribution in [2.45, 2.75) is 13.5 Å². The van der Waals surface area contributed by atoms with Gasteiger partial charge in [0.1, 0.15) is 0 Å². The number of aromatic nitrogens is 1. The molecular formula is C12H22N4O3S2. The molecule has 0 spiro atoms. The molecule has 1 fully saturated rings. The molecule has 2 rings (SSSR count). The maximum Gasteiger partial charge on any atom is 0.307 e. The standard InChI is InChI=1S/C12H22N4O3S2/c1-11-10-20-12(17)16(11)9-6-14-4-7-15(8-5-14)21(18,19)13(2)3/h10H,4-9H2,1-3H3. The maximum absolute atomic E-state index is 12.0. The van der Waals surface area contributed by atoms with Crippen LogP contribution in [0.2, 0.25) is 0 Å². The van der Waals surface area contributed by atoms with Gasteiger partial charge in [0, 0.05) is 64.4 Å². The van der Waals surface area contributed by atoms with Gasteiger partial charge in [-0.1, -0.05) is 11.3 Å². The van der Waals surface area contributed by atoms with Crippen molar-refractivity contribution < 1.29 is 8.42 Å². The topological polar surface area (TPSA) is 65.9 Å². The zero-order valence-corrected chi connectivity index (χ0v) is 14.3. The average molecular weight is 334 g/mol. The molecule has 21 heavy (non-hydrogen) atoms. The van der Waals surface area contributed by atoms with Gasteiger partial charge in [0.05, 0.1) is 0 Å². The van der Waals surface area contributed by atoms with Crippen LogP contribution < -0.4 is 4.87 Å². The summed E-state index contributed by atoms with van der Waals surface area (Å²) in [5.41, 5.74) is 0.985. The molecule has 9 heteroatoms. The van der Waals surface area contributed by atoms with Gasteiger partial charge in [0.2, 0.25) is 0 Å². The fourth-order valence-electron chi connectivity index (χ4n) is 2.33. The van der Waals surface area contributed by atoms with E-state index in [1.165, 1.54) is 19.9 Å². The first kappa shape index (κ1) is 16.6. The summed E-state index contributed by atoms with van der Waals surface area (Å²) in [6.45, 7) is 5.76. The van der Waals surface area contributed by atoms with E-state index < -0.39 is 10.2 Å². The van der Waals surface area contributed by atoms with Gasteiger partial charge in [-0.15, -0.1) is 0 Å². The lowest BCUT2D eigenvalue weighted by Gasteiger charge is -2.35. The van der Waals surface area contributed by atoms with Gasteiger partial charge in [-0.2, -0.15) is 17.0 Å². The second kappa shape index (κ2) is 6.57. The molecule has 1 aromatic rings. The molecule has 1 aliphatic heterocycles. The Hall–Kier alpha value is -0.740. The Kier molecular flexibility index (Phi) is 5.20. The highest BCUT2D eigenvalue weighted by atomic mass is 32.2. The van der Waals surface area contributed by atoms with Crippen molar-refractivity contribution in [1.82, 2.24) is 18.1 Å². The molecule has 1 saturated heterocycles. The Morgan fingerprint density at radius 1 is 1.19 bits per heavy atom. The molecule has 0 saturated carbocycles. The Morgan fingerprint density at radius 2 is 1.81 bits per heavy atom. The molecule has 0 bridgehead atoms. The van der Waals surface area contributed by atoms with Crippen LogP contribution in [0.5, 0.6) is 0 Å². The Labute approximate surface area is 129 Å². The molecule has 0 atom stereocenters. The summed E-state index contributed by atoms with van der Waals surface area (Å²) in [6, 6.07) is 0. The second-order valence-corrected chi connectivity index (χ2v) is 8.29. The summed E-state index contributed by atoms with van der Waals surface area (Å²) in [5, 5.41) is 1.87. The smallest absolute Gasteiger partial charge is 0.302 e. The van der Waals surface area contributed by atoms with Gasteiger partial charge in [-0.3, -0.25) is 9.69 Å². The highest BCUT2D eigenvalue weighted by Gasteiger charge is 2.28. The monoisotopic (exact) mass is 334 g/mol. The van der Waals surface area contributed by atoms with Gasteiger partial charge < -0.3 is 4.57 Å². The van der Waals surface area contributed by atoms with Crippen LogP contribution in [0.3, 0.4) is 0 Å². The van der Waals surface area contributed by atoms with Crippen molar-refractivity contribution in [3.63, 3.8) is 0 Å². The first-order chi connectivity index (χ1) is 9.82. The summed E-state index contributed by atoms with van der Waals surface area (Å²) in [5.74, 6) is 0. The van der Waals surface area contributed by atoms with Crippen molar-refractivity contribution in [2.75, 3.05) is 46.8 Å². The fourth-order valence-corrected chi connectivity index (χ4v) is 4.18. The van der Waals surface area contributed by atoms with E-state index in [1.807, 2.05) is 12.3 Å². The lowest BCUT2D eigenvalue weighted by Crippen LogP contribution is -2.52. The Bertz CT molecular complexity index is 627. The third-order valence-corrected chi connectivity index (χ3v) is 6.56. The van der Waals surface area contributed by atoms with Crippen LogP contribution in [-0.4, -0.2) is 73.3 Å². The lowest BCUT2D eigenvalue weighted by atomic mass is 10.3. The highest BCUT2D eigenvalue weighted by molar-refractivity contribution is 7.86. The minimum Gasteiger partial charge on any atom is -0.302 e. The van der Waals surface area contributed by atoms with E-state index in [9.17, 15) is 13.2 Å². The first-order valence-electron chi connectivity index (χ1n) is 6.87. The molecule has 0 amide bonds. The van der Waals surface area contributed by atoms with E-state index in [2.05, 4.69) is 4.90 Å². The van der Waals surface area contributed by atoms with E-state index in [-0.39, 0.29) is 4.87 Å². The number of nitrogens with zero attached hydrogens (tertiary/aromatic N) is 4. The fraction of sp³-hybridized carbons (Fsp3) is 0.750. The Morgan fingerprint density at radius 3 is 2.29 bits per heavy atom. The molecule has 0 aliphatic carbocycles. The molecule has 7 nitrogen and oxygen atoms in total. The number of rotatable bonds is 5. The maximum atomic E-state index is 12.0. The minimum atomic E-state index is -3.31. The molecule has 1 aromatic heterocycles. The van der Waals surface area contributed by atoms with Crippen LogP contribution >= 0.6 is 11.3 Å². The summed E-state index contributed by atoms with van der Waals surface area (Å²) < 4.78 is 28.6. The van der Waals surface area contributed by atoms with Gasteiger partial charge in [-0.05, 0) is 6.92 Å². The Balaban J connectivity index is 1.87. The molecule has 2 heterocycles. The molecule has 0 radical (unpaired) electrons. The number of hydrogen-bond acceptors (Lipinski definition) is 5. The van der Waals surface area contributed by atoms with E-state index in [1.54, 1.807) is 18.7 Å². The quantitative estimate of drug-likeness (QED) is 0.738. The minimum absolute atomic E-state index is 0.0707. The van der Waals surface area contributed by atoms with Crippen LogP contribution in [0.15, 0.2) is 10.2 Å². The van der Waals surface area contributed by atoms with E-state index in [0.717, 1.165) is 12.2 Å². The van der Waals surface area contributed by atoms with Crippen LogP contribution in [0.25, 0.3) is 0 Å². The van der Waals surface area contributed by atoms with Crippen molar-refractivity contribution in [2.24, 2.45) is 0 Å². The number of thiazole rings is 1. The summed E-state index contributed by atoms with van der Waals surface area (Å²) in [6.07, 6.45) is 0. The van der Waals surface area contributed by atoms with Crippen molar-refractivity contribution in [3.05, 3.63) is 20.7 Å². The van der Waals surface area contributed by atoms with Crippen LogP contribution in [-0.2, 0) is 16.8 Å². The van der Waals surface area contributed by atoms with Gasteiger partial charge in [0.15, 0.2) is 0 Å². The van der Waals surface area contributed by atoms with Crippen molar-refractivity contribution >= 4 is 21.5 Å². The lowest BCUT2D eigenvalue weighted by molar-refractivity contribution is 0.178. The predicted octanol–water partition coefficient (Wildman–Crippen LogP) is -0.358. The number of aryl methyl sites for hydroxylation is 1. The zero-order valence-electron chi connectivity index (χ0n) is 12.7. The van der Waals surface area contributed by atoms with Gasteiger partial charge >= 0.3 is 4.87 Å². The molecule has 0 N–H and O–H groups in total. The number of piperazine rings is 1. The molecule has 0 aromatic carbocycles. The highest BCUT2D eigenvalue weighted by Crippen LogP contribution is 2.10. The van der Waals surface area contributed by atoms with Crippen LogP contribution in [0.4, 0.5) is 0 Å². The third kappa shape index (κ3) is 3.72. The molecular weight excluding hydrogens is 312 g/mol. The number of hydrogen-bond donors (Lipinski definition) is 0. The summed E-state index contributed by atoms with van der Waals surface area (Å²) in [7, 11) is -0.210. The average Bonchev–Trinajstić information content (AvgIpc) is 2.76. The van der Waals surface area contributed by atoms with E-state index in [4.69, 9.17) is 0 Å². The molecule has 120 valence electrons. The SMILES string of the molecule is Cc1csc(=O)n1CCN1CCN(S(=O)(=O)N(C)C)CC1. The zero-order chi connectivity index (χ0) is 15.6. The largest absolute Gasteiger partial charge is 0.307 e. The van der Waals surface area contributed by atoms with Gasteiger partial charge in [0.25, 0.3) is 10.2 Å². The van der Waals surface area contributed by atoms with Crippen LogP contribution in [0, 0.1) is 6.92 Å². The third-order valence-electron chi connectivity index (χ3n) is 3.74. The summed E-state index contributed by atoms with van der Waals surface area (Å²) in [4.78, 5) is 13.9. The first-order valence-corrected chi connectivity index (χ1v) is 9.15. The van der Waals surface area contributed by atoms with Crippen molar-refractivity contribution in [1.29, 1.82) is 0 Å². The molecule has 0 unspecified atom stereocenters. The normalized spacial score (nSPS) is 18.5. The van der Waals surface area contributed by atoms with E-state index >= 15 is 0 Å². The van der Waals surface area contributed by atoms with Crippen LogP contribution in [0.1, 0.15) is 5.69 Å².